The van der Waals surface area contributed by atoms with E-state index in [4.69, 9.17) is 9.84 Å². The average molecular weight is 273 g/mol. The molecule has 0 aromatic heterocycles. The lowest BCUT2D eigenvalue weighted by molar-refractivity contribution is 0.0693. The first-order valence-electron chi connectivity index (χ1n) is 6.03. The number of hydrogen-bond acceptors (Lipinski definition) is 4. The van der Waals surface area contributed by atoms with E-state index in [-0.39, 0.29) is 11.3 Å². The number of carbonyl (C=O) groups is 1. The van der Waals surface area contributed by atoms with E-state index in [1.54, 1.807) is 13.2 Å². The molecule has 0 bridgehead atoms. The van der Waals surface area contributed by atoms with Gasteiger partial charge >= 0.3 is 5.97 Å². The summed E-state index contributed by atoms with van der Waals surface area (Å²) in [4.78, 5) is 10.9. The van der Waals surface area contributed by atoms with Crippen LogP contribution in [0.4, 0.5) is 5.69 Å². The molecule has 0 spiro atoms. The summed E-state index contributed by atoms with van der Waals surface area (Å²) in [5.74, 6) is -0.604. The SMILES string of the molecule is COc1ccc(NCc2ccc(O)c(C(=O)O)c2)cc1. The van der Waals surface area contributed by atoms with Crippen LogP contribution in [0.25, 0.3) is 0 Å². The van der Waals surface area contributed by atoms with Crippen LogP contribution in [0, 0.1) is 0 Å². The number of ether oxygens (including phenoxy) is 1. The summed E-state index contributed by atoms with van der Waals surface area (Å²) in [6.45, 7) is 0.465. The van der Waals surface area contributed by atoms with E-state index in [1.807, 2.05) is 24.3 Å². The second kappa shape index (κ2) is 5.97. The summed E-state index contributed by atoms with van der Waals surface area (Å²) in [6, 6.07) is 11.9. The number of anilines is 1. The second-order valence-corrected chi connectivity index (χ2v) is 4.24. The van der Waals surface area contributed by atoms with Crippen LogP contribution in [0.2, 0.25) is 0 Å². The highest BCUT2D eigenvalue weighted by molar-refractivity contribution is 5.90. The van der Waals surface area contributed by atoms with Gasteiger partial charge in [-0.25, -0.2) is 4.79 Å². The van der Waals surface area contributed by atoms with Gasteiger partial charge in [-0.3, -0.25) is 0 Å². The molecule has 2 rings (SSSR count). The van der Waals surface area contributed by atoms with Crippen LogP contribution >= 0.6 is 0 Å². The fourth-order valence-electron chi connectivity index (χ4n) is 1.78. The highest BCUT2D eigenvalue weighted by Gasteiger charge is 2.09. The van der Waals surface area contributed by atoms with Crippen LogP contribution in [0.1, 0.15) is 15.9 Å². The Kier molecular flexibility index (Phi) is 4.10. The van der Waals surface area contributed by atoms with E-state index >= 15 is 0 Å². The molecule has 20 heavy (non-hydrogen) atoms. The van der Waals surface area contributed by atoms with Gasteiger partial charge in [0, 0.05) is 12.2 Å². The maximum atomic E-state index is 10.9. The average Bonchev–Trinajstić information content (AvgIpc) is 2.46. The van der Waals surface area contributed by atoms with Gasteiger partial charge in [-0.2, -0.15) is 0 Å². The lowest BCUT2D eigenvalue weighted by atomic mass is 10.1. The molecule has 104 valence electrons. The molecule has 0 fully saturated rings. The van der Waals surface area contributed by atoms with Crippen molar-refractivity contribution in [3.8, 4) is 11.5 Å². The van der Waals surface area contributed by atoms with E-state index in [0.29, 0.717) is 6.54 Å². The zero-order valence-electron chi connectivity index (χ0n) is 11.0. The molecular weight excluding hydrogens is 258 g/mol. The molecule has 0 heterocycles. The van der Waals surface area contributed by atoms with Crippen molar-refractivity contribution in [3.63, 3.8) is 0 Å². The van der Waals surface area contributed by atoms with Gasteiger partial charge in [0.25, 0.3) is 0 Å². The lowest BCUT2D eigenvalue weighted by Crippen LogP contribution is -2.02. The quantitative estimate of drug-likeness (QED) is 0.780. The molecule has 0 amide bonds. The van der Waals surface area contributed by atoms with Crippen molar-refractivity contribution in [1.29, 1.82) is 0 Å². The van der Waals surface area contributed by atoms with Crippen molar-refractivity contribution < 1.29 is 19.7 Å². The Morgan fingerprint density at radius 3 is 2.50 bits per heavy atom. The van der Waals surface area contributed by atoms with Gasteiger partial charge in [0.2, 0.25) is 0 Å². The first-order valence-corrected chi connectivity index (χ1v) is 6.03. The van der Waals surface area contributed by atoms with E-state index < -0.39 is 5.97 Å². The summed E-state index contributed by atoms with van der Waals surface area (Å²) in [5.41, 5.74) is 1.57. The maximum Gasteiger partial charge on any atom is 0.339 e. The predicted octanol–water partition coefficient (Wildman–Crippen LogP) is 2.71. The molecule has 5 nitrogen and oxygen atoms in total. The number of nitrogens with one attached hydrogen (secondary N) is 1. The minimum absolute atomic E-state index is 0.0981. The zero-order chi connectivity index (χ0) is 14.5. The van der Waals surface area contributed by atoms with Crippen molar-refractivity contribution >= 4 is 11.7 Å². The Labute approximate surface area is 116 Å². The minimum Gasteiger partial charge on any atom is -0.507 e. The van der Waals surface area contributed by atoms with E-state index in [9.17, 15) is 9.90 Å². The third-order valence-electron chi connectivity index (χ3n) is 2.88. The summed E-state index contributed by atoms with van der Waals surface area (Å²) in [7, 11) is 1.60. The Hall–Kier alpha value is -2.69. The van der Waals surface area contributed by atoms with Gasteiger partial charge in [0.15, 0.2) is 0 Å². The number of methoxy groups -OCH3 is 1. The number of phenols is 1. The normalized spacial score (nSPS) is 10.1. The van der Waals surface area contributed by atoms with Gasteiger partial charge in [0.1, 0.15) is 17.1 Å². The van der Waals surface area contributed by atoms with Gasteiger partial charge < -0.3 is 20.3 Å². The fourth-order valence-corrected chi connectivity index (χ4v) is 1.78. The second-order valence-electron chi connectivity index (χ2n) is 4.24. The Bertz CT molecular complexity index is 608. The topological polar surface area (TPSA) is 78.8 Å². The maximum absolute atomic E-state index is 10.9. The highest BCUT2D eigenvalue weighted by atomic mass is 16.5. The molecule has 5 heteroatoms. The third-order valence-corrected chi connectivity index (χ3v) is 2.88. The summed E-state index contributed by atoms with van der Waals surface area (Å²) >= 11 is 0. The molecule has 0 saturated heterocycles. The lowest BCUT2D eigenvalue weighted by Gasteiger charge is -2.08. The van der Waals surface area contributed by atoms with Crippen LogP contribution < -0.4 is 10.1 Å². The molecule has 0 saturated carbocycles. The molecule has 2 aromatic rings. The van der Waals surface area contributed by atoms with Crippen LogP contribution in [0.15, 0.2) is 42.5 Å². The van der Waals surface area contributed by atoms with Crippen molar-refractivity contribution in [3.05, 3.63) is 53.6 Å². The fraction of sp³-hybridized carbons (Fsp3) is 0.133. The molecule has 0 aliphatic carbocycles. The van der Waals surface area contributed by atoms with Crippen LogP contribution in [-0.4, -0.2) is 23.3 Å². The van der Waals surface area contributed by atoms with Crippen molar-refractivity contribution in [1.82, 2.24) is 0 Å². The van der Waals surface area contributed by atoms with Crippen molar-refractivity contribution in [2.75, 3.05) is 12.4 Å². The van der Waals surface area contributed by atoms with Crippen molar-refractivity contribution in [2.45, 2.75) is 6.54 Å². The number of hydrogen-bond donors (Lipinski definition) is 3. The van der Waals surface area contributed by atoms with E-state index in [2.05, 4.69) is 5.32 Å². The van der Waals surface area contributed by atoms with Gasteiger partial charge in [0.05, 0.1) is 7.11 Å². The Morgan fingerprint density at radius 1 is 1.20 bits per heavy atom. The van der Waals surface area contributed by atoms with Gasteiger partial charge in [-0.05, 0) is 42.0 Å². The minimum atomic E-state index is -1.14. The molecule has 0 unspecified atom stereocenters. The zero-order valence-corrected chi connectivity index (χ0v) is 11.0. The number of aromatic hydroxyl groups is 1. The molecule has 0 aliphatic rings. The Morgan fingerprint density at radius 2 is 1.90 bits per heavy atom. The largest absolute Gasteiger partial charge is 0.507 e. The standard InChI is InChI=1S/C15H15NO4/c1-20-12-5-3-11(4-6-12)16-9-10-2-7-14(17)13(8-10)15(18)19/h2-8,16-17H,9H2,1H3,(H,18,19). The molecular formula is C15H15NO4. The first-order chi connectivity index (χ1) is 9.60. The predicted molar refractivity (Wildman–Crippen MR) is 75.4 cm³/mol. The smallest absolute Gasteiger partial charge is 0.339 e. The number of carboxylic acids is 1. The highest BCUT2D eigenvalue weighted by Crippen LogP contribution is 2.20. The van der Waals surface area contributed by atoms with E-state index in [1.165, 1.54) is 12.1 Å². The monoisotopic (exact) mass is 273 g/mol. The molecule has 0 atom stereocenters. The third kappa shape index (κ3) is 3.20. The van der Waals surface area contributed by atoms with Gasteiger partial charge in [-0.15, -0.1) is 0 Å². The van der Waals surface area contributed by atoms with Crippen LogP contribution in [0.5, 0.6) is 11.5 Å². The molecule has 3 N–H and O–H groups in total. The number of rotatable bonds is 5. The number of carboxylic acid groups (broad SMARTS) is 1. The van der Waals surface area contributed by atoms with Crippen LogP contribution in [0.3, 0.4) is 0 Å². The Balaban J connectivity index is 2.06. The first kappa shape index (κ1) is 13.7. The van der Waals surface area contributed by atoms with E-state index in [0.717, 1.165) is 17.0 Å². The molecule has 0 radical (unpaired) electrons. The summed E-state index contributed by atoms with van der Waals surface area (Å²) < 4.78 is 5.07. The van der Waals surface area contributed by atoms with Gasteiger partial charge in [-0.1, -0.05) is 6.07 Å². The number of benzene rings is 2. The van der Waals surface area contributed by atoms with Crippen LogP contribution in [-0.2, 0) is 6.54 Å². The van der Waals surface area contributed by atoms with Crippen molar-refractivity contribution in [2.24, 2.45) is 0 Å². The number of aromatic carboxylic acids is 1. The summed E-state index contributed by atoms with van der Waals surface area (Å²) in [5, 5.41) is 21.5. The molecule has 0 aliphatic heterocycles. The molecule has 2 aromatic carbocycles. The summed E-state index contributed by atoms with van der Waals surface area (Å²) in [6.07, 6.45) is 0.